The van der Waals surface area contributed by atoms with E-state index in [1.165, 1.54) is 0 Å². The number of nitriles is 1. The monoisotopic (exact) mass is 597 g/mol. The molecule has 44 heavy (non-hydrogen) atoms. The van der Waals surface area contributed by atoms with E-state index in [0.717, 1.165) is 51.4 Å². The minimum absolute atomic E-state index is 0.0350. The zero-order valence-electron chi connectivity index (χ0n) is 27.9. The van der Waals surface area contributed by atoms with Crippen LogP contribution in [0.4, 0.5) is 0 Å². The quantitative estimate of drug-likeness (QED) is 0.326. The van der Waals surface area contributed by atoms with Gasteiger partial charge in [-0.05, 0) is 103 Å². The van der Waals surface area contributed by atoms with Gasteiger partial charge >= 0.3 is 5.97 Å². The number of fused-ring (bicyclic) bond motifs is 6. The third-order valence-electron chi connectivity index (χ3n) is 14.5. The number of rotatable bonds is 3. The summed E-state index contributed by atoms with van der Waals surface area (Å²) in [6.07, 6.45) is 10.3. The zero-order valence-corrected chi connectivity index (χ0v) is 27.9. The summed E-state index contributed by atoms with van der Waals surface area (Å²) in [4.78, 5) is 41.0. The topological polar surface area (TPSA) is 84.2 Å². The molecule has 0 radical (unpaired) electrons. The molecule has 1 aromatic rings. The Morgan fingerprint density at radius 2 is 1.59 bits per heavy atom. The Hall–Kier alpha value is -2.74. The number of ketones is 2. The van der Waals surface area contributed by atoms with Gasteiger partial charge in [-0.3, -0.25) is 9.59 Å². The number of ether oxygens (including phenoxy) is 1. The van der Waals surface area contributed by atoms with E-state index in [1.54, 1.807) is 0 Å². The maximum atomic E-state index is 14.5. The number of allylic oxidation sites excluding steroid dienone is 2. The first kappa shape index (κ1) is 31.3. The highest BCUT2D eigenvalue weighted by atomic mass is 16.5. The Bertz CT molecular complexity index is 1450. The minimum Gasteiger partial charge on any atom is -0.461 e. The summed E-state index contributed by atoms with van der Waals surface area (Å²) in [5.74, 6) is 0.496. The molecule has 0 amide bonds. The smallest absolute Gasteiger partial charge is 0.338 e. The molecule has 5 nitrogen and oxygen atoms in total. The SMILES string of the molecule is CC1(C)CC[C@]2(COC(=O)c3ccccc3)CC[C@]3(C)C(CC2C1)C(=O)C[C@@H]1[C@@]2(C)C=C(C#N)C(=O)C(C)(C)[C@@H]2CC[C@]13C. The highest BCUT2D eigenvalue weighted by Crippen LogP contribution is 2.73. The van der Waals surface area contributed by atoms with Crippen molar-refractivity contribution in [2.75, 3.05) is 6.61 Å². The van der Waals surface area contributed by atoms with E-state index in [9.17, 15) is 19.6 Å². The molecule has 0 heterocycles. The minimum atomic E-state index is -0.632. The largest absolute Gasteiger partial charge is 0.461 e. The lowest BCUT2D eigenvalue weighted by molar-refractivity contribution is -0.188. The van der Waals surface area contributed by atoms with Gasteiger partial charge in [-0.15, -0.1) is 0 Å². The van der Waals surface area contributed by atoms with Gasteiger partial charge in [0, 0.05) is 23.2 Å². The molecule has 4 fully saturated rings. The first-order valence-corrected chi connectivity index (χ1v) is 17.0. The Morgan fingerprint density at radius 3 is 2.27 bits per heavy atom. The average Bonchev–Trinajstić information content (AvgIpc) is 3.11. The van der Waals surface area contributed by atoms with Crippen molar-refractivity contribution in [3.05, 3.63) is 47.5 Å². The van der Waals surface area contributed by atoms with Gasteiger partial charge in [0.25, 0.3) is 0 Å². The number of esters is 1. The molecule has 0 saturated heterocycles. The van der Waals surface area contributed by atoms with E-state index in [-0.39, 0.29) is 56.7 Å². The second kappa shape index (κ2) is 10.1. The van der Waals surface area contributed by atoms with Gasteiger partial charge in [-0.2, -0.15) is 5.26 Å². The van der Waals surface area contributed by atoms with E-state index in [2.05, 4.69) is 40.7 Å². The number of Topliss-reactive ketones (excluding diaryl/α,β-unsaturated/α-hetero) is 2. The molecule has 4 saturated carbocycles. The van der Waals surface area contributed by atoms with Gasteiger partial charge in [0.2, 0.25) is 0 Å². The normalized spacial score (nSPS) is 42.3. The van der Waals surface area contributed by atoms with Crippen molar-refractivity contribution >= 4 is 17.5 Å². The standard InChI is InChI=1S/C39H51NO4/c1-34(2)15-17-39(24-44-33(43)25-11-9-8-10-12-25)18-16-37(6)28(19-27(39)22-34)29(41)20-31-36(5)21-26(23-40)32(42)35(3,4)30(36)13-14-38(31,37)7/h8-12,21,27-28,30-31H,13-20,22,24H2,1-7H3/t27?,28?,30-,31+,36-,37+,38+,39+/m0/s1. The van der Waals surface area contributed by atoms with Crippen molar-refractivity contribution in [1.82, 2.24) is 0 Å². The van der Waals surface area contributed by atoms with Crippen molar-refractivity contribution in [3.8, 4) is 6.07 Å². The first-order chi connectivity index (χ1) is 20.5. The van der Waals surface area contributed by atoms with Crippen LogP contribution in [-0.2, 0) is 14.3 Å². The van der Waals surface area contributed by atoms with Crippen molar-refractivity contribution in [2.24, 2.45) is 56.2 Å². The number of hydrogen-bond donors (Lipinski definition) is 0. The van der Waals surface area contributed by atoms with Crippen LogP contribution in [0.5, 0.6) is 0 Å². The van der Waals surface area contributed by atoms with Crippen molar-refractivity contribution < 1.29 is 19.1 Å². The van der Waals surface area contributed by atoms with Crippen molar-refractivity contribution in [1.29, 1.82) is 5.26 Å². The van der Waals surface area contributed by atoms with Crippen LogP contribution in [0.25, 0.3) is 0 Å². The average molecular weight is 598 g/mol. The predicted molar refractivity (Wildman–Crippen MR) is 170 cm³/mol. The Balaban J connectivity index is 1.38. The predicted octanol–water partition coefficient (Wildman–Crippen LogP) is 8.53. The molecule has 5 aliphatic carbocycles. The molecule has 0 bridgehead atoms. The fourth-order valence-corrected chi connectivity index (χ4v) is 11.6. The number of hydrogen-bond acceptors (Lipinski definition) is 5. The third-order valence-corrected chi connectivity index (χ3v) is 14.5. The van der Waals surface area contributed by atoms with E-state index in [0.29, 0.717) is 30.3 Å². The van der Waals surface area contributed by atoms with Crippen molar-refractivity contribution in [3.63, 3.8) is 0 Å². The third kappa shape index (κ3) is 4.40. The maximum Gasteiger partial charge on any atom is 0.338 e. The Morgan fingerprint density at radius 1 is 0.909 bits per heavy atom. The number of carbonyl (C=O) groups excluding carboxylic acids is 3. The van der Waals surface area contributed by atoms with Crippen molar-refractivity contribution in [2.45, 2.75) is 106 Å². The van der Waals surface area contributed by atoms with E-state index < -0.39 is 10.8 Å². The lowest BCUT2D eigenvalue weighted by Crippen LogP contribution is -2.64. The van der Waals surface area contributed by atoms with Crippen LogP contribution in [0.15, 0.2) is 42.0 Å². The molecule has 6 rings (SSSR count). The molecular formula is C39H51NO4. The second-order valence-electron chi connectivity index (χ2n) is 17.4. The Kier molecular flexibility index (Phi) is 7.20. The molecule has 0 spiro atoms. The summed E-state index contributed by atoms with van der Waals surface area (Å²) >= 11 is 0. The molecule has 0 aromatic heterocycles. The number of benzene rings is 1. The van der Waals surface area contributed by atoms with Crippen LogP contribution in [0.1, 0.15) is 117 Å². The molecule has 5 aliphatic rings. The summed E-state index contributed by atoms with van der Waals surface area (Å²) in [5.41, 5.74) is -0.462. The molecule has 0 aliphatic heterocycles. The molecule has 236 valence electrons. The highest BCUT2D eigenvalue weighted by molar-refractivity contribution is 6.04. The Labute approximate surface area is 264 Å². The summed E-state index contributed by atoms with van der Waals surface area (Å²) in [6.45, 7) is 16.2. The van der Waals surface area contributed by atoms with Crippen LogP contribution in [0, 0.1) is 67.5 Å². The van der Waals surface area contributed by atoms with Gasteiger partial charge in [0.05, 0.1) is 17.7 Å². The molecule has 8 atom stereocenters. The van der Waals surface area contributed by atoms with Crippen LogP contribution >= 0.6 is 0 Å². The van der Waals surface area contributed by atoms with Gasteiger partial charge in [-0.25, -0.2) is 4.79 Å². The molecular weight excluding hydrogens is 546 g/mol. The molecule has 5 heteroatoms. The van der Waals surface area contributed by atoms with E-state index in [4.69, 9.17) is 4.74 Å². The zero-order chi connectivity index (χ0) is 31.9. The molecule has 0 N–H and O–H groups in total. The summed E-state index contributed by atoms with van der Waals surface area (Å²) in [7, 11) is 0. The lowest BCUT2D eigenvalue weighted by Gasteiger charge is -2.68. The fourth-order valence-electron chi connectivity index (χ4n) is 11.6. The highest BCUT2D eigenvalue weighted by Gasteiger charge is 2.69. The van der Waals surface area contributed by atoms with E-state index in [1.807, 2.05) is 50.3 Å². The van der Waals surface area contributed by atoms with Crippen LogP contribution in [0.3, 0.4) is 0 Å². The summed E-state index contributed by atoms with van der Waals surface area (Å²) in [5, 5.41) is 10.00. The fraction of sp³-hybridized carbons (Fsp3) is 0.692. The first-order valence-electron chi connectivity index (χ1n) is 17.0. The maximum absolute atomic E-state index is 14.5. The summed E-state index contributed by atoms with van der Waals surface area (Å²) in [6, 6.07) is 11.5. The number of carbonyl (C=O) groups is 3. The van der Waals surface area contributed by atoms with Crippen LogP contribution in [0.2, 0.25) is 0 Å². The van der Waals surface area contributed by atoms with Crippen LogP contribution < -0.4 is 0 Å². The van der Waals surface area contributed by atoms with Gasteiger partial charge in [0.15, 0.2) is 5.78 Å². The van der Waals surface area contributed by atoms with Gasteiger partial charge in [-0.1, -0.05) is 72.7 Å². The van der Waals surface area contributed by atoms with Crippen LogP contribution in [-0.4, -0.2) is 24.1 Å². The van der Waals surface area contributed by atoms with E-state index >= 15 is 0 Å². The molecule has 1 aromatic carbocycles. The second-order valence-corrected chi connectivity index (χ2v) is 17.4. The molecule has 2 unspecified atom stereocenters. The number of nitrogens with zero attached hydrogens (tertiary/aromatic N) is 1. The summed E-state index contributed by atoms with van der Waals surface area (Å²) < 4.78 is 6.15. The lowest BCUT2D eigenvalue weighted by atomic mass is 9.35. The van der Waals surface area contributed by atoms with Gasteiger partial charge < -0.3 is 4.74 Å². The van der Waals surface area contributed by atoms with Gasteiger partial charge in [0.1, 0.15) is 11.9 Å².